The Morgan fingerprint density at radius 2 is 1.19 bits per heavy atom. The van der Waals surface area contributed by atoms with Gasteiger partial charge in [-0.3, -0.25) is 0 Å². The number of hydrogen-bond acceptors (Lipinski definition) is 1. The zero-order chi connectivity index (χ0) is 33.3. The summed E-state index contributed by atoms with van der Waals surface area (Å²) in [7, 11) is 0. The van der Waals surface area contributed by atoms with E-state index in [1.54, 1.807) is 0 Å². The second-order valence-corrected chi connectivity index (χ2v) is 13.4. The number of rotatable bonds is 8. The Morgan fingerprint density at radius 3 is 1.94 bits per heavy atom. The van der Waals surface area contributed by atoms with Gasteiger partial charge in [-0.05, 0) is 124 Å². The third-order valence-corrected chi connectivity index (χ3v) is 10.1. The van der Waals surface area contributed by atoms with Crippen molar-refractivity contribution in [3.63, 3.8) is 0 Å². The van der Waals surface area contributed by atoms with Crippen LogP contribution in [0.2, 0.25) is 0 Å². The standard InChI is InChI=1S/C47H43N/c1-6-35(38-26-29-43-42-20-12-13-21-45(42)47(4,5)46(43)32-38)16-14-30-48(39-17-8-7-9-18-39)40-27-24-36(25-28-40)37-23-22-34(3)44(31-37)41-19-11-10-15-33(41)2/h6-29,31-32H,30H2,1-5H3/b16-14-,35-6+. The van der Waals surface area contributed by atoms with Crippen molar-refractivity contribution in [2.75, 3.05) is 11.4 Å². The molecule has 0 aromatic heterocycles. The zero-order valence-electron chi connectivity index (χ0n) is 28.7. The maximum absolute atomic E-state index is 2.40. The average molecular weight is 622 g/mol. The summed E-state index contributed by atoms with van der Waals surface area (Å²) in [6, 6.07) is 51.0. The molecule has 6 aromatic rings. The first-order valence-electron chi connectivity index (χ1n) is 17.0. The summed E-state index contributed by atoms with van der Waals surface area (Å²) in [5, 5.41) is 0. The lowest BCUT2D eigenvalue weighted by atomic mass is 9.81. The Morgan fingerprint density at radius 1 is 0.562 bits per heavy atom. The van der Waals surface area contributed by atoms with Crippen LogP contribution < -0.4 is 4.90 Å². The average Bonchev–Trinajstić information content (AvgIpc) is 3.35. The molecule has 0 atom stereocenters. The number of anilines is 2. The van der Waals surface area contributed by atoms with Gasteiger partial charge in [-0.25, -0.2) is 0 Å². The van der Waals surface area contributed by atoms with E-state index >= 15 is 0 Å². The number of hydrogen-bond donors (Lipinski definition) is 0. The molecule has 1 heteroatoms. The van der Waals surface area contributed by atoms with Crippen LogP contribution in [0.5, 0.6) is 0 Å². The van der Waals surface area contributed by atoms with Gasteiger partial charge in [0.2, 0.25) is 0 Å². The van der Waals surface area contributed by atoms with Crippen LogP contribution in [0.1, 0.15) is 48.6 Å². The molecular formula is C47H43N. The van der Waals surface area contributed by atoms with E-state index in [-0.39, 0.29) is 5.41 Å². The Balaban J connectivity index is 1.15. The summed E-state index contributed by atoms with van der Waals surface area (Å²) < 4.78 is 0. The van der Waals surface area contributed by atoms with Crippen LogP contribution in [0.15, 0.2) is 158 Å². The maximum Gasteiger partial charge on any atom is 0.0415 e. The second kappa shape index (κ2) is 13.0. The normalized spacial score (nSPS) is 13.4. The van der Waals surface area contributed by atoms with E-state index in [1.807, 2.05) is 0 Å². The first kappa shape index (κ1) is 31.2. The number of benzene rings is 6. The zero-order valence-corrected chi connectivity index (χ0v) is 28.7. The van der Waals surface area contributed by atoms with Gasteiger partial charge in [-0.15, -0.1) is 0 Å². The fourth-order valence-corrected chi connectivity index (χ4v) is 7.30. The van der Waals surface area contributed by atoms with Crippen LogP contribution in [-0.4, -0.2) is 6.54 Å². The van der Waals surface area contributed by atoms with Gasteiger partial charge in [0.1, 0.15) is 0 Å². The Bertz CT molecular complexity index is 2140. The smallest absolute Gasteiger partial charge is 0.0415 e. The molecule has 0 radical (unpaired) electrons. The molecule has 0 fully saturated rings. The summed E-state index contributed by atoms with van der Waals surface area (Å²) in [6.07, 6.45) is 6.79. The summed E-state index contributed by atoms with van der Waals surface area (Å²) in [5.74, 6) is 0. The topological polar surface area (TPSA) is 3.24 Å². The Kier molecular flexibility index (Phi) is 8.46. The molecule has 0 unspecified atom stereocenters. The molecule has 48 heavy (non-hydrogen) atoms. The van der Waals surface area contributed by atoms with Gasteiger partial charge in [0.05, 0.1) is 0 Å². The van der Waals surface area contributed by atoms with Crippen molar-refractivity contribution in [1.29, 1.82) is 0 Å². The predicted molar refractivity (Wildman–Crippen MR) is 207 cm³/mol. The Labute approximate surface area is 286 Å². The minimum Gasteiger partial charge on any atom is -0.338 e. The molecule has 1 nitrogen and oxygen atoms in total. The van der Waals surface area contributed by atoms with Gasteiger partial charge >= 0.3 is 0 Å². The van der Waals surface area contributed by atoms with Crippen molar-refractivity contribution in [3.05, 3.63) is 186 Å². The van der Waals surface area contributed by atoms with Crippen LogP contribution in [0.3, 0.4) is 0 Å². The van der Waals surface area contributed by atoms with Crippen LogP contribution in [-0.2, 0) is 5.41 Å². The largest absolute Gasteiger partial charge is 0.338 e. The van der Waals surface area contributed by atoms with Crippen LogP contribution in [0.25, 0.3) is 39.0 Å². The summed E-state index contributed by atoms with van der Waals surface area (Å²) in [6.45, 7) is 12.0. The second-order valence-electron chi connectivity index (χ2n) is 13.4. The molecule has 0 spiro atoms. The first-order chi connectivity index (χ1) is 23.3. The predicted octanol–water partition coefficient (Wildman–Crippen LogP) is 12.7. The quantitative estimate of drug-likeness (QED) is 0.153. The molecule has 1 aliphatic rings. The third-order valence-electron chi connectivity index (χ3n) is 10.1. The molecule has 0 N–H and O–H groups in total. The van der Waals surface area contributed by atoms with Crippen molar-refractivity contribution in [2.45, 2.75) is 40.0 Å². The Hall–Kier alpha value is -5.40. The number of nitrogens with zero attached hydrogens (tertiary/aromatic N) is 1. The molecule has 0 aliphatic heterocycles. The van der Waals surface area contributed by atoms with Gasteiger partial charge < -0.3 is 4.90 Å². The molecule has 6 aromatic carbocycles. The monoisotopic (exact) mass is 621 g/mol. The van der Waals surface area contributed by atoms with E-state index in [1.165, 1.54) is 78.1 Å². The fourth-order valence-electron chi connectivity index (χ4n) is 7.30. The van der Waals surface area contributed by atoms with Crippen molar-refractivity contribution < 1.29 is 0 Å². The molecule has 0 amide bonds. The number of allylic oxidation sites excluding steroid dienone is 3. The lowest BCUT2D eigenvalue weighted by Crippen LogP contribution is -2.16. The number of aryl methyl sites for hydroxylation is 2. The molecule has 0 bridgehead atoms. The highest BCUT2D eigenvalue weighted by Crippen LogP contribution is 2.49. The van der Waals surface area contributed by atoms with Crippen molar-refractivity contribution in [2.24, 2.45) is 0 Å². The van der Waals surface area contributed by atoms with Crippen molar-refractivity contribution >= 4 is 16.9 Å². The van der Waals surface area contributed by atoms with Crippen LogP contribution in [0.4, 0.5) is 11.4 Å². The maximum atomic E-state index is 2.40. The van der Waals surface area contributed by atoms with E-state index < -0.39 is 0 Å². The highest BCUT2D eigenvalue weighted by Gasteiger charge is 2.35. The van der Waals surface area contributed by atoms with E-state index in [4.69, 9.17) is 0 Å². The van der Waals surface area contributed by atoms with Crippen LogP contribution >= 0.6 is 0 Å². The molecular weight excluding hydrogens is 579 g/mol. The van der Waals surface area contributed by atoms with Gasteiger partial charge in [-0.2, -0.15) is 0 Å². The van der Waals surface area contributed by atoms with E-state index in [0.29, 0.717) is 0 Å². The fraction of sp³-hybridized carbons (Fsp3) is 0.149. The third kappa shape index (κ3) is 5.82. The summed E-state index contributed by atoms with van der Waals surface area (Å²) in [5.41, 5.74) is 18.0. The molecule has 236 valence electrons. The molecule has 0 saturated carbocycles. The van der Waals surface area contributed by atoms with E-state index in [0.717, 1.165) is 6.54 Å². The lowest BCUT2D eigenvalue weighted by Gasteiger charge is -2.24. The lowest BCUT2D eigenvalue weighted by molar-refractivity contribution is 0.660. The summed E-state index contributed by atoms with van der Waals surface area (Å²) >= 11 is 0. The highest BCUT2D eigenvalue weighted by atomic mass is 15.1. The van der Waals surface area contributed by atoms with Crippen molar-refractivity contribution in [1.82, 2.24) is 0 Å². The van der Waals surface area contributed by atoms with E-state index in [9.17, 15) is 0 Å². The number of fused-ring (bicyclic) bond motifs is 3. The molecule has 0 heterocycles. The van der Waals surface area contributed by atoms with Gasteiger partial charge in [0.25, 0.3) is 0 Å². The van der Waals surface area contributed by atoms with Crippen molar-refractivity contribution in [3.8, 4) is 33.4 Å². The van der Waals surface area contributed by atoms with Gasteiger partial charge in [0, 0.05) is 23.3 Å². The highest BCUT2D eigenvalue weighted by molar-refractivity contribution is 5.84. The summed E-state index contributed by atoms with van der Waals surface area (Å²) in [4.78, 5) is 2.38. The van der Waals surface area contributed by atoms with Gasteiger partial charge in [-0.1, -0.05) is 135 Å². The SMILES string of the molecule is C/C=C(\C=C/CN(c1ccccc1)c1ccc(-c2ccc(C)c(-c3ccccc3C)c2)cc1)c1ccc2c(c1)C(C)(C)c1ccccc1-2. The molecule has 1 aliphatic carbocycles. The molecule has 0 saturated heterocycles. The molecule has 7 rings (SSSR count). The van der Waals surface area contributed by atoms with Crippen LogP contribution in [0, 0.1) is 13.8 Å². The number of para-hydroxylation sites is 1. The van der Waals surface area contributed by atoms with Gasteiger partial charge in [0.15, 0.2) is 0 Å². The minimum absolute atomic E-state index is 0.0125. The van der Waals surface area contributed by atoms with E-state index in [2.05, 4.69) is 197 Å². The first-order valence-corrected chi connectivity index (χ1v) is 17.0. The minimum atomic E-state index is -0.0125.